The van der Waals surface area contributed by atoms with E-state index in [1.807, 2.05) is 6.07 Å². The van der Waals surface area contributed by atoms with Crippen LogP contribution in [0.3, 0.4) is 0 Å². The molecule has 0 aliphatic rings. The SMILES string of the molecule is CCC(C#N)n1cnc(Cl)c(N)c1=O. The number of anilines is 1. The lowest BCUT2D eigenvalue weighted by Crippen LogP contribution is -2.26. The Balaban J connectivity index is 3.32. The third-order valence-electron chi connectivity index (χ3n) is 1.85. The van der Waals surface area contributed by atoms with Gasteiger partial charge in [0.05, 0.1) is 6.07 Å². The Morgan fingerprint density at radius 3 is 3.00 bits per heavy atom. The molecular formula is C8H9ClN4O. The maximum atomic E-state index is 11.5. The molecule has 0 spiro atoms. The maximum absolute atomic E-state index is 11.5. The average Bonchev–Trinajstić information content (AvgIpc) is 2.19. The van der Waals surface area contributed by atoms with Crippen LogP contribution in [0.15, 0.2) is 11.1 Å². The van der Waals surface area contributed by atoms with E-state index in [9.17, 15) is 4.79 Å². The van der Waals surface area contributed by atoms with Crippen LogP contribution in [0.25, 0.3) is 0 Å². The first-order chi connectivity index (χ1) is 6.61. The van der Waals surface area contributed by atoms with Crippen LogP contribution < -0.4 is 11.3 Å². The molecule has 74 valence electrons. The minimum Gasteiger partial charge on any atom is -0.392 e. The third kappa shape index (κ3) is 1.70. The number of nitrogens with zero attached hydrogens (tertiary/aromatic N) is 3. The van der Waals surface area contributed by atoms with Crippen molar-refractivity contribution in [3.05, 3.63) is 21.8 Å². The summed E-state index contributed by atoms with van der Waals surface area (Å²) in [4.78, 5) is 15.2. The summed E-state index contributed by atoms with van der Waals surface area (Å²) >= 11 is 5.54. The molecular weight excluding hydrogens is 204 g/mol. The number of rotatable bonds is 2. The van der Waals surface area contributed by atoms with E-state index in [1.54, 1.807) is 6.92 Å². The van der Waals surface area contributed by atoms with E-state index < -0.39 is 11.6 Å². The maximum Gasteiger partial charge on any atom is 0.279 e. The second-order valence-electron chi connectivity index (χ2n) is 2.71. The number of aromatic nitrogens is 2. The third-order valence-corrected chi connectivity index (χ3v) is 2.16. The van der Waals surface area contributed by atoms with Gasteiger partial charge in [0.25, 0.3) is 5.56 Å². The number of nitrogen functional groups attached to an aromatic ring is 1. The van der Waals surface area contributed by atoms with Crippen LogP contribution in [0.4, 0.5) is 5.69 Å². The smallest absolute Gasteiger partial charge is 0.279 e. The standard InChI is InChI=1S/C8H9ClN4O/c1-2-5(3-10)13-4-12-7(9)6(11)8(13)14/h4-5H,2,11H2,1H3. The minimum atomic E-state index is -0.547. The molecule has 0 radical (unpaired) electrons. The number of nitrogens with two attached hydrogens (primary N) is 1. The molecule has 0 fully saturated rings. The molecule has 0 aliphatic heterocycles. The van der Waals surface area contributed by atoms with E-state index >= 15 is 0 Å². The van der Waals surface area contributed by atoms with Gasteiger partial charge in [-0.2, -0.15) is 5.26 Å². The van der Waals surface area contributed by atoms with Gasteiger partial charge in [0.15, 0.2) is 5.15 Å². The molecule has 1 rings (SSSR count). The van der Waals surface area contributed by atoms with Gasteiger partial charge in [-0.05, 0) is 6.42 Å². The topological polar surface area (TPSA) is 84.7 Å². The van der Waals surface area contributed by atoms with Gasteiger partial charge in [-0.1, -0.05) is 18.5 Å². The molecule has 6 heteroatoms. The summed E-state index contributed by atoms with van der Waals surface area (Å²) in [6.45, 7) is 1.80. The number of halogens is 1. The molecule has 0 bridgehead atoms. The predicted octanol–water partition coefficient (Wildman–Crippen LogP) is 0.954. The molecule has 1 atom stereocenters. The number of hydrogen-bond acceptors (Lipinski definition) is 4. The number of nitriles is 1. The van der Waals surface area contributed by atoms with Crippen LogP contribution in [0, 0.1) is 11.3 Å². The molecule has 1 aromatic heterocycles. The Bertz CT molecular complexity index is 434. The highest BCUT2D eigenvalue weighted by atomic mass is 35.5. The Labute approximate surface area is 85.7 Å². The van der Waals surface area contributed by atoms with Gasteiger partial charge in [0.2, 0.25) is 0 Å². The lowest BCUT2D eigenvalue weighted by molar-refractivity contribution is 0.569. The monoisotopic (exact) mass is 212 g/mol. The summed E-state index contributed by atoms with van der Waals surface area (Å²) in [5.41, 5.74) is 4.80. The molecule has 0 aromatic carbocycles. The molecule has 0 saturated heterocycles. The van der Waals surface area contributed by atoms with Crippen LogP contribution in [-0.4, -0.2) is 9.55 Å². The highest BCUT2D eigenvalue weighted by Crippen LogP contribution is 2.12. The van der Waals surface area contributed by atoms with Gasteiger partial charge < -0.3 is 5.73 Å². The van der Waals surface area contributed by atoms with Crippen molar-refractivity contribution in [1.29, 1.82) is 5.26 Å². The van der Waals surface area contributed by atoms with Gasteiger partial charge in [0.1, 0.15) is 18.1 Å². The molecule has 2 N–H and O–H groups in total. The van der Waals surface area contributed by atoms with Gasteiger partial charge in [-0.3, -0.25) is 9.36 Å². The van der Waals surface area contributed by atoms with Gasteiger partial charge in [-0.25, -0.2) is 4.98 Å². The highest BCUT2D eigenvalue weighted by molar-refractivity contribution is 6.31. The zero-order valence-electron chi connectivity index (χ0n) is 7.57. The molecule has 0 amide bonds. The lowest BCUT2D eigenvalue weighted by Gasteiger charge is -2.10. The fraction of sp³-hybridized carbons (Fsp3) is 0.375. The zero-order valence-corrected chi connectivity index (χ0v) is 8.32. The highest BCUT2D eigenvalue weighted by Gasteiger charge is 2.12. The summed E-state index contributed by atoms with van der Waals surface area (Å²) in [6, 6.07) is 1.43. The summed E-state index contributed by atoms with van der Waals surface area (Å²) in [5, 5.41) is 8.72. The van der Waals surface area contributed by atoms with Crippen LogP contribution in [-0.2, 0) is 0 Å². The molecule has 0 saturated carbocycles. The molecule has 1 unspecified atom stereocenters. The molecule has 5 nitrogen and oxygen atoms in total. The summed E-state index contributed by atoms with van der Waals surface area (Å²) < 4.78 is 1.18. The van der Waals surface area contributed by atoms with Crippen molar-refractivity contribution in [1.82, 2.24) is 9.55 Å². The fourth-order valence-electron chi connectivity index (χ4n) is 1.03. The van der Waals surface area contributed by atoms with Gasteiger partial charge in [0, 0.05) is 0 Å². The van der Waals surface area contributed by atoms with E-state index in [0.29, 0.717) is 6.42 Å². The summed E-state index contributed by atoms with van der Waals surface area (Å²) in [7, 11) is 0. The Hall–Kier alpha value is -1.54. The number of hydrogen-bond donors (Lipinski definition) is 1. The van der Waals surface area contributed by atoms with Crippen LogP contribution in [0.2, 0.25) is 5.15 Å². The van der Waals surface area contributed by atoms with Crippen molar-refractivity contribution in [2.45, 2.75) is 19.4 Å². The van der Waals surface area contributed by atoms with E-state index in [0.717, 1.165) is 0 Å². The lowest BCUT2D eigenvalue weighted by atomic mass is 10.2. The van der Waals surface area contributed by atoms with E-state index in [1.165, 1.54) is 10.9 Å². The Morgan fingerprint density at radius 1 is 1.86 bits per heavy atom. The van der Waals surface area contributed by atoms with Crippen molar-refractivity contribution < 1.29 is 0 Å². The van der Waals surface area contributed by atoms with E-state index in [-0.39, 0.29) is 10.8 Å². The van der Waals surface area contributed by atoms with Gasteiger partial charge in [-0.15, -0.1) is 0 Å². The minimum absolute atomic E-state index is 0.0287. The normalized spacial score (nSPS) is 12.1. The van der Waals surface area contributed by atoms with Crippen LogP contribution in [0.5, 0.6) is 0 Å². The first kappa shape index (κ1) is 10.5. The first-order valence-corrected chi connectivity index (χ1v) is 4.41. The molecule has 1 aromatic rings. The second-order valence-corrected chi connectivity index (χ2v) is 3.07. The molecule has 14 heavy (non-hydrogen) atoms. The van der Waals surface area contributed by atoms with Crippen molar-refractivity contribution in [3.63, 3.8) is 0 Å². The molecule has 0 aliphatic carbocycles. The summed E-state index contributed by atoms with van der Waals surface area (Å²) in [6.07, 6.45) is 1.75. The zero-order chi connectivity index (χ0) is 10.7. The average molecular weight is 213 g/mol. The van der Waals surface area contributed by atoms with Crippen molar-refractivity contribution >= 4 is 17.3 Å². The quantitative estimate of drug-likeness (QED) is 0.740. The predicted molar refractivity (Wildman–Crippen MR) is 52.9 cm³/mol. The second kappa shape index (κ2) is 4.11. The Kier molecular flexibility index (Phi) is 3.10. The fourth-order valence-corrected chi connectivity index (χ4v) is 1.16. The van der Waals surface area contributed by atoms with Crippen molar-refractivity contribution in [2.24, 2.45) is 0 Å². The van der Waals surface area contributed by atoms with Crippen molar-refractivity contribution in [3.8, 4) is 6.07 Å². The van der Waals surface area contributed by atoms with Crippen LogP contribution in [0.1, 0.15) is 19.4 Å². The first-order valence-electron chi connectivity index (χ1n) is 4.03. The largest absolute Gasteiger partial charge is 0.392 e. The van der Waals surface area contributed by atoms with Gasteiger partial charge >= 0.3 is 0 Å². The van der Waals surface area contributed by atoms with Crippen molar-refractivity contribution in [2.75, 3.05) is 5.73 Å². The van der Waals surface area contributed by atoms with E-state index in [4.69, 9.17) is 22.6 Å². The molecule has 1 heterocycles. The van der Waals surface area contributed by atoms with Crippen LogP contribution >= 0.6 is 11.6 Å². The Morgan fingerprint density at radius 2 is 2.50 bits per heavy atom. The summed E-state index contributed by atoms with van der Waals surface area (Å²) in [5.74, 6) is 0. The van der Waals surface area contributed by atoms with E-state index in [2.05, 4.69) is 4.98 Å².